The fourth-order valence-corrected chi connectivity index (χ4v) is 1.10. The number of nitrogens with two attached hydrogens (primary N) is 2. The van der Waals surface area contributed by atoms with E-state index in [0.29, 0.717) is 12.1 Å². The Hall–Kier alpha value is -1.10. The lowest BCUT2D eigenvalue weighted by molar-refractivity contribution is -0.0577. The van der Waals surface area contributed by atoms with Gasteiger partial charge in [0.15, 0.2) is 6.29 Å². The van der Waals surface area contributed by atoms with E-state index < -0.39 is 12.3 Å². The van der Waals surface area contributed by atoms with Gasteiger partial charge in [-0.15, -0.1) is 0 Å². The number of hydrogen-bond donors (Lipinski definition) is 4. The summed E-state index contributed by atoms with van der Waals surface area (Å²) in [6.07, 6.45) is -1.08. The molecule has 4 heteroatoms. The van der Waals surface area contributed by atoms with Crippen molar-refractivity contribution in [2.45, 2.75) is 18.8 Å². The number of aliphatic hydroxyl groups excluding tert-OH is 1. The first-order valence-corrected chi connectivity index (χ1v) is 4.05. The summed E-state index contributed by atoms with van der Waals surface area (Å²) in [6.45, 7) is 0. The fraction of sp³-hybridized carbons (Fsp3) is 0.333. The molecule has 72 valence electrons. The van der Waals surface area contributed by atoms with Crippen molar-refractivity contribution in [1.29, 1.82) is 0 Å². The van der Waals surface area contributed by atoms with Crippen molar-refractivity contribution in [2.75, 3.05) is 5.73 Å². The first-order valence-electron chi connectivity index (χ1n) is 4.05. The van der Waals surface area contributed by atoms with E-state index in [2.05, 4.69) is 0 Å². The predicted molar refractivity (Wildman–Crippen MR) is 50.8 cm³/mol. The Kier molecular flexibility index (Phi) is 3.25. The topological polar surface area (TPSA) is 92.5 Å². The van der Waals surface area contributed by atoms with Crippen LogP contribution in [0.3, 0.4) is 0 Å². The molecule has 0 saturated heterocycles. The molecule has 1 rings (SSSR count). The van der Waals surface area contributed by atoms with Crippen LogP contribution in [0.4, 0.5) is 5.69 Å². The molecule has 0 radical (unpaired) electrons. The van der Waals surface area contributed by atoms with E-state index in [4.69, 9.17) is 21.7 Å². The van der Waals surface area contributed by atoms with Crippen molar-refractivity contribution in [1.82, 2.24) is 0 Å². The molecule has 0 aliphatic carbocycles. The summed E-state index contributed by atoms with van der Waals surface area (Å²) in [7, 11) is 0. The van der Waals surface area contributed by atoms with Crippen molar-refractivity contribution in [2.24, 2.45) is 5.73 Å². The predicted octanol–water partition coefficient (Wildman–Crippen LogP) is -0.551. The Morgan fingerprint density at radius 1 is 1.31 bits per heavy atom. The SMILES string of the molecule is Nc1cccc(CC(N)C(O)O)c1. The molecule has 1 aromatic carbocycles. The lowest BCUT2D eigenvalue weighted by atomic mass is 10.1. The number of hydrogen-bond acceptors (Lipinski definition) is 4. The van der Waals surface area contributed by atoms with Crippen molar-refractivity contribution >= 4 is 5.69 Å². The second-order valence-electron chi connectivity index (χ2n) is 3.03. The summed E-state index contributed by atoms with van der Waals surface area (Å²) in [6, 6.07) is 6.52. The van der Waals surface area contributed by atoms with E-state index in [1.807, 2.05) is 6.07 Å². The molecule has 4 nitrogen and oxygen atoms in total. The van der Waals surface area contributed by atoms with E-state index in [1.165, 1.54) is 0 Å². The minimum Gasteiger partial charge on any atom is -0.399 e. The normalized spacial score (nSPS) is 13.2. The maximum absolute atomic E-state index is 8.75. The van der Waals surface area contributed by atoms with Gasteiger partial charge < -0.3 is 21.7 Å². The van der Waals surface area contributed by atoms with E-state index in [0.717, 1.165) is 5.56 Å². The first-order chi connectivity index (χ1) is 6.09. The fourth-order valence-electron chi connectivity index (χ4n) is 1.10. The summed E-state index contributed by atoms with van der Waals surface area (Å²) in [5.74, 6) is 0. The Bertz CT molecular complexity index is 276. The molecule has 0 bridgehead atoms. The summed E-state index contributed by atoms with van der Waals surface area (Å²) >= 11 is 0. The minimum absolute atomic E-state index is 0.405. The summed E-state index contributed by atoms with van der Waals surface area (Å²) in [5, 5.41) is 17.5. The third-order valence-corrected chi connectivity index (χ3v) is 1.81. The van der Waals surface area contributed by atoms with Crippen LogP contribution in [-0.2, 0) is 6.42 Å². The number of rotatable bonds is 3. The first kappa shape index (κ1) is 9.98. The molecule has 1 aromatic rings. The Labute approximate surface area is 76.8 Å². The monoisotopic (exact) mass is 182 g/mol. The van der Waals surface area contributed by atoms with Crippen LogP contribution in [0.25, 0.3) is 0 Å². The molecule has 0 spiro atoms. The average molecular weight is 182 g/mol. The minimum atomic E-state index is -1.48. The Balaban J connectivity index is 2.64. The maximum Gasteiger partial charge on any atom is 0.167 e. The highest BCUT2D eigenvalue weighted by Crippen LogP contribution is 2.08. The number of anilines is 1. The highest BCUT2D eigenvalue weighted by atomic mass is 16.5. The van der Waals surface area contributed by atoms with Crippen LogP contribution in [0.5, 0.6) is 0 Å². The van der Waals surface area contributed by atoms with Crippen LogP contribution < -0.4 is 11.5 Å². The number of benzene rings is 1. The highest BCUT2D eigenvalue weighted by Gasteiger charge is 2.11. The molecule has 0 amide bonds. The van der Waals surface area contributed by atoms with Gasteiger partial charge in [0.2, 0.25) is 0 Å². The van der Waals surface area contributed by atoms with Crippen LogP contribution in [0.2, 0.25) is 0 Å². The van der Waals surface area contributed by atoms with E-state index in [9.17, 15) is 0 Å². The lowest BCUT2D eigenvalue weighted by Gasteiger charge is -2.13. The van der Waals surface area contributed by atoms with E-state index in [-0.39, 0.29) is 0 Å². The molecule has 0 aliphatic heterocycles. The van der Waals surface area contributed by atoms with Gasteiger partial charge in [0.1, 0.15) is 0 Å². The van der Waals surface area contributed by atoms with E-state index in [1.54, 1.807) is 18.2 Å². The molecule has 1 atom stereocenters. The van der Waals surface area contributed by atoms with Gasteiger partial charge in [-0.1, -0.05) is 12.1 Å². The highest BCUT2D eigenvalue weighted by molar-refractivity contribution is 5.40. The molecule has 1 unspecified atom stereocenters. The second kappa shape index (κ2) is 4.23. The van der Waals surface area contributed by atoms with Crippen LogP contribution >= 0.6 is 0 Å². The number of aliphatic hydroxyl groups is 2. The van der Waals surface area contributed by atoms with Crippen LogP contribution in [-0.4, -0.2) is 22.5 Å². The van der Waals surface area contributed by atoms with E-state index >= 15 is 0 Å². The summed E-state index contributed by atoms with van der Waals surface area (Å²) in [5.41, 5.74) is 12.6. The van der Waals surface area contributed by atoms with Crippen molar-refractivity contribution in [3.05, 3.63) is 29.8 Å². The second-order valence-corrected chi connectivity index (χ2v) is 3.03. The quantitative estimate of drug-likeness (QED) is 0.373. The molecule has 0 aliphatic rings. The summed E-state index contributed by atoms with van der Waals surface area (Å²) in [4.78, 5) is 0. The molecule has 0 aromatic heterocycles. The molecule has 6 N–H and O–H groups in total. The number of nitrogen functional groups attached to an aromatic ring is 1. The van der Waals surface area contributed by atoms with Crippen molar-refractivity contribution in [3.63, 3.8) is 0 Å². The van der Waals surface area contributed by atoms with Gasteiger partial charge in [0.05, 0.1) is 6.04 Å². The third kappa shape index (κ3) is 3.02. The van der Waals surface area contributed by atoms with Gasteiger partial charge >= 0.3 is 0 Å². The maximum atomic E-state index is 8.75. The molecule has 0 heterocycles. The zero-order valence-electron chi connectivity index (χ0n) is 7.22. The third-order valence-electron chi connectivity index (χ3n) is 1.81. The van der Waals surface area contributed by atoms with Gasteiger partial charge in [-0.2, -0.15) is 0 Å². The van der Waals surface area contributed by atoms with Gasteiger partial charge in [0, 0.05) is 5.69 Å². The van der Waals surface area contributed by atoms with Gasteiger partial charge in [-0.05, 0) is 24.1 Å². The zero-order chi connectivity index (χ0) is 9.84. The van der Waals surface area contributed by atoms with Gasteiger partial charge in [0.25, 0.3) is 0 Å². The average Bonchev–Trinajstić information content (AvgIpc) is 2.04. The molecular weight excluding hydrogens is 168 g/mol. The lowest BCUT2D eigenvalue weighted by Crippen LogP contribution is -2.36. The molecule has 0 saturated carbocycles. The van der Waals surface area contributed by atoms with Gasteiger partial charge in [-0.3, -0.25) is 0 Å². The van der Waals surface area contributed by atoms with Crippen LogP contribution in [0.1, 0.15) is 5.56 Å². The molecule has 0 fully saturated rings. The zero-order valence-corrected chi connectivity index (χ0v) is 7.22. The standard InChI is InChI=1S/C9H14N2O2/c10-7-3-1-2-6(4-7)5-8(11)9(12)13/h1-4,8-9,12-13H,5,10-11H2. The van der Waals surface area contributed by atoms with Crippen LogP contribution in [0.15, 0.2) is 24.3 Å². The van der Waals surface area contributed by atoms with Crippen molar-refractivity contribution < 1.29 is 10.2 Å². The van der Waals surface area contributed by atoms with Crippen LogP contribution in [0, 0.1) is 0 Å². The van der Waals surface area contributed by atoms with Crippen molar-refractivity contribution in [3.8, 4) is 0 Å². The largest absolute Gasteiger partial charge is 0.399 e. The molecule has 13 heavy (non-hydrogen) atoms. The Morgan fingerprint density at radius 3 is 2.54 bits per heavy atom. The smallest absolute Gasteiger partial charge is 0.167 e. The Morgan fingerprint density at radius 2 is 2.00 bits per heavy atom. The summed E-state index contributed by atoms with van der Waals surface area (Å²) < 4.78 is 0. The molecular formula is C9H14N2O2. The van der Waals surface area contributed by atoms with Gasteiger partial charge in [-0.25, -0.2) is 0 Å².